The van der Waals surface area contributed by atoms with Gasteiger partial charge in [-0.2, -0.15) is 0 Å². The van der Waals surface area contributed by atoms with Crippen molar-refractivity contribution in [1.82, 2.24) is 19.8 Å². The summed E-state index contributed by atoms with van der Waals surface area (Å²) < 4.78 is 5.48. The lowest BCUT2D eigenvalue weighted by Crippen LogP contribution is -2.54. The molecule has 0 aromatic carbocycles. The number of hydrogen-bond acceptors (Lipinski definition) is 5. The van der Waals surface area contributed by atoms with Crippen LogP contribution in [-0.4, -0.2) is 64.6 Å². The van der Waals surface area contributed by atoms with Crippen LogP contribution in [0.5, 0.6) is 0 Å². The molecule has 3 saturated heterocycles. The maximum absolute atomic E-state index is 13.3. The SMILES string of the molecule is Cc1nccnc1CN1CC[C@@]2(CCCN(C3CCOCC3)C2=O)C1. The van der Waals surface area contributed by atoms with E-state index in [1.54, 1.807) is 12.4 Å². The number of rotatable bonds is 3. The van der Waals surface area contributed by atoms with E-state index in [1.165, 1.54) is 0 Å². The monoisotopic (exact) mass is 344 g/mol. The third kappa shape index (κ3) is 3.29. The molecule has 25 heavy (non-hydrogen) atoms. The van der Waals surface area contributed by atoms with Gasteiger partial charge in [-0.25, -0.2) is 0 Å². The van der Waals surface area contributed by atoms with Crippen molar-refractivity contribution in [3.63, 3.8) is 0 Å². The van der Waals surface area contributed by atoms with E-state index >= 15 is 0 Å². The highest BCUT2D eigenvalue weighted by Gasteiger charge is 2.49. The molecule has 4 rings (SSSR count). The summed E-state index contributed by atoms with van der Waals surface area (Å²) in [6.45, 7) is 7.15. The molecule has 0 radical (unpaired) electrons. The molecule has 3 aliphatic rings. The van der Waals surface area contributed by atoms with Crippen molar-refractivity contribution in [2.45, 2.75) is 51.6 Å². The summed E-state index contributed by atoms with van der Waals surface area (Å²) in [5.41, 5.74) is 1.85. The van der Waals surface area contributed by atoms with Gasteiger partial charge in [0.25, 0.3) is 0 Å². The molecule has 6 nitrogen and oxygen atoms in total. The van der Waals surface area contributed by atoms with Crippen LogP contribution in [0.3, 0.4) is 0 Å². The Kier molecular flexibility index (Phi) is 4.73. The maximum atomic E-state index is 13.3. The van der Waals surface area contributed by atoms with Crippen molar-refractivity contribution < 1.29 is 9.53 Å². The van der Waals surface area contributed by atoms with Crippen LogP contribution in [0.15, 0.2) is 12.4 Å². The lowest BCUT2D eigenvalue weighted by atomic mass is 9.77. The van der Waals surface area contributed by atoms with Crippen molar-refractivity contribution in [2.75, 3.05) is 32.8 Å². The van der Waals surface area contributed by atoms with E-state index in [1.807, 2.05) is 6.92 Å². The lowest BCUT2D eigenvalue weighted by molar-refractivity contribution is -0.150. The molecule has 1 aromatic heterocycles. The van der Waals surface area contributed by atoms with Crippen molar-refractivity contribution >= 4 is 5.91 Å². The van der Waals surface area contributed by atoms with E-state index in [9.17, 15) is 4.79 Å². The number of amides is 1. The van der Waals surface area contributed by atoms with Gasteiger partial charge in [0.2, 0.25) is 5.91 Å². The molecule has 0 aliphatic carbocycles. The van der Waals surface area contributed by atoms with Gasteiger partial charge in [0.15, 0.2) is 0 Å². The Balaban J connectivity index is 1.45. The molecular weight excluding hydrogens is 316 g/mol. The molecular formula is C19H28N4O2. The maximum Gasteiger partial charge on any atom is 0.230 e. The molecule has 0 N–H and O–H groups in total. The van der Waals surface area contributed by atoms with Crippen LogP contribution in [0, 0.1) is 12.3 Å². The normalized spacial score (nSPS) is 28.8. The molecule has 1 atom stereocenters. The van der Waals surface area contributed by atoms with Crippen molar-refractivity contribution in [1.29, 1.82) is 0 Å². The predicted molar refractivity (Wildman–Crippen MR) is 93.9 cm³/mol. The number of ether oxygens (including phenoxy) is 1. The molecule has 136 valence electrons. The standard InChI is InChI=1S/C19H28N4O2/c1-15-17(21-8-7-20-15)13-22-10-6-19(14-22)5-2-9-23(18(19)24)16-3-11-25-12-4-16/h7-8,16H,2-6,9-14H2,1H3/t19-/m0/s1. The van der Waals surface area contributed by atoms with E-state index in [0.29, 0.717) is 11.9 Å². The summed E-state index contributed by atoms with van der Waals surface area (Å²) in [5.74, 6) is 0.393. The quantitative estimate of drug-likeness (QED) is 0.836. The van der Waals surface area contributed by atoms with Gasteiger partial charge < -0.3 is 9.64 Å². The van der Waals surface area contributed by atoms with Crippen LogP contribution in [0.1, 0.15) is 43.5 Å². The van der Waals surface area contributed by atoms with Gasteiger partial charge in [-0.3, -0.25) is 19.7 Å². The molecule has 6 heteroatoms. The summed E-state index contributed by atoms with van der Waals surface area (Å²) >= 11 is 0. The van der Waals surface area contributed by atoms with E-state index in [0.717, 1.165) is 82.9 Å². The fraction of sp³-hybridized carbons (Fsp3) is 0.737. The molecule has 1 aromatic rings. The minimum atomic E-state index is -0.174. The number of piperidine rings is 1. The Bertz CT molecular complexity index is 632. The minimum absolute atomic E-state index is 0.174. The summed E-state index contributed by atoms with van der Waals surface area (Å²) in [7, 11) is 0. The zero-order valence-corrected chi connectivity index (χ0v) is 15.1. The van der Waals surface area contributed by atoms with Gasteiger partial charge in [-0.15, -0.1) is 0 Å². The topological polar surface area (TPSA) is 58.6 Å². The van der Waals surface area contributed by atoms with Crippen LogP contribution in [0.2, 0.25) is 0 Å². The molecule has 0 unspecified atom stereocenters. The van der Waals surface area contributed by atoms with Crippen LogP contribution < -0.4 is 0 Å². The second kappa shape index (κ2) is 7.00. The third-order valence-electron chi connectivity index (χ3n) is 6.19. The number of hydrogen-bond donors (Lipinski definition) is 0. The minimum Gasteiger partial charge on any atom is -0.381 e. The fourth-order valence-corrected chi connectivity index (χ4v) is 4.72. The Morgan fingerprint density at radius 3 is 2.80 bits per heavy atom. The fourth-order valence-electron chi connectivity index (χ4n) is 4.72. The third-order valence-corrected chi connectivity index (χ3v) is 6.19. The van der Waals surface area contributed by atoms with Gasteiger partial charge in [-0.05, 0) is 45.6 Å². The first-order chi connectivity index (χ1) is 12.2. The second-order valence-corrected chi connectivity index (χ2v) is 7.78. The Morgan fingerprint density at radius 2 is 2.00 bits per heavy atom. The first-order valence-corrected chi connectivity index (χ1v) is 9.56. The van der Waals surface area contributed by atoms with Gasteiger partial charge >= 0.3 is 0 Å². The van der Waals surface area contributed by atoms with E-state index in [-0.39, 0.29) is 5.41 Å². The molecule has 0 saturated carbocycles. The van der Waals surface area contributed by atoms with Gasteiger partial charge in [0.1, 0.15) is 0 Å². The highest BCUT2D eigenvalue weighted by Crippen LogP contribution is 2.41. The molecule has 3 fully saturated rings. The Labute approximate surface area is 149 Å². The molecule has 0 bridgehead atoms. The Hall–Kier alpha value is -1.53. The van der Waals surface area contributed by atoms with Crippen LogP contribution in [0.25, 0.3) is 0 Å². The number of carbonyl (C=O) groups is 1. The first-order valence-electron chi connectivity index (χ1n) is 9.56. The Morgan fingerprint density at radius 1 is 1.20 bits per heavy atom. The molecule has 1 spiro atoms. The zero-order valence-electron chi connectivity index (χ0n) is 15.1. The number of likely N-dealkylation sites (tertiary alicyclic amines) is 2. The van der Waals surface area contributed by atoms with E-state index in [4.69, 9.17) is 4.74 Å². The summed E-state index contributed by atoms with van der Waals surface area (Å²) in [6.07, 6.45) is 8.61. The second-order valence-electron chi connectivity index (χ2n) is 7.78. The summed E-state index contributed by atoms with van der Waals surface area (Å²) in [5, 5.41) is 0. The van der Waals surface area contributed by atoms with Crippen molar-refractivity contribution in [3.05, 3.63) is 23.8 Å². The molecule has 3 aliphatic heterocycles. The van der Waals surface area contributed by atoms with Crippen LogP contribution in [-0.2, 0) is 16.1 Å². The highest BCUT2D eigenvalue weighted by molar-refractivity contribution is 5.84. The molecule has 4 heterocycles. The van der Waals surface area contributed by atoms with E-state index < -0.39 is 0 Å². The number of aryl methyl sites for hydroxylation is 1. The van der Waals surface area contributed by atoms with Crippen LogP contribution in [0.4, 0.5) is 0 Å². The lowest BCUT2D eigenvalue weighted by Gasteiger charge is -2.44. The number of nitrogens with zero attached hydrogens (tertiary/aromatic N) is 4. The zero-order chi connectivity index (χ0) is 17.3. The molecule has 1 amide bonds. The van der Waals surface area contributed by atoms with Gasteiger partial charge in [-0.1, -0.05) is 0 Å². The predicted octanol–water partition coefficient (Wildman–Crippen LogP) is 1.78. The summed E-state index contributed by atoms with van der Waals surface area (Å²) in [4.78, 5) is 26.7. The average molecular weight is 344 g/mol. The first kappa shape index (κ1) is 16.9. The highest BCUT2D eigenvalue weighted by atomic mass is 16.5. The van der Waals surface area contributed by atoms with E-state index in [2.05, 4.69) is 19.8 Å². The van der Waals surface area contributed by atoms with Crippen molar-refractivity contribution in [2.24, 2.45) is 5.41 Å². The van der Waals surface area contributed by atoms with Crippen LogP contribution >= 0.6 is 0 Å². The van der Waals surface area contributed by atoms with Gasteiger partial charge in [0.05, 0.1) is 16.8 Å². The van der Waals surface area contributed by atoms with Gasteiger partial charge in [0, 0.05) is 51.3 Å². The van der Waals surface area contributed by atoms with Crippen molar-refractivity contribution in [3.8, 4) is 0 Å². The number of aromatic nitrogens is 2. The number of carbonyl (C=O) groups excluding carboxylic acids is 1. The largest absolute Gasteiger partial charge is 0.381 e. The average Bonchev–Trinajstić information content (AvgIpc) is 3.04. The smallest absolute Gasteiger partial charge is 0.230 e. The summed E-state index contributed by atoms with van der Waals surface area (Å²) in [6, 6.07) is 0.384.